The highest BCUT2D eigenvalue weighted by Crippen LogP contribution is 2.44. The van der Waals surface area contributed by atoms with Crippen LogP contribution in [-0.4, -0.2) is 79.8 Å². The molecule has 0 radical (unpaired) electrons. The number of nitrogens with zero attached hydrogens (tertiary/aromatic N) is 6. The molecule has 0 fully saturated rings. The molecule has 11 nitrogen and oxygen atoms in total. The van der Waals surface area contributed by atoms with Crippen molar-refractivity contribution in [3.8, 4) is 5.75 Å². The van der Waals surface area contributed by atoms with Gasteiger partial charge in [-0.2, -0.15) is 4.98 Å². The highest BCUT2D eigenvalue weighted by Gasteiger charge is 2.39. The number of ether oxygens (including phenoxy) is 2. The van der Waals surface area contributed by atoms with Gasteiger partial charge in [-0.25, -0.2) is 9.78 Å². The summed E-state index contributed by atoms with van der Waals surface area (Å²) in [6.45, 7) is 10.1. The average molecular weight is 549 g/mol. The number of likely N-dealkylation sites (N-methyl/N-ethyl adjacent to an activating group) is 2. The molecule has 3 aromatic rings. The summed E-state index contributed by atoms with van der Waals surface area (Å²) < 4.78 is 11.2. The molecular formula is C29H40N8O3. The van der Waals surface area contributed by atoms with Crippen molar-refractivity contribution in [1.29, 1.82) is 0 Å². The van der Waals surface area contributed by atoms with Crippen LogP contribution in [0.5, 0.6) is 5.75 Å². The number of hydrogen-bond donors (Lipinski definition) is 2. The van der Waals surface area contributed by atoms with Gasteiger partial charge in [-0.15, -0.1) is 0 Å². The van der Waals surface area contributed by atoms with Crippen LogP contribution in [0.3, 0.4) is 0 Å². The summed E-state index contributed by atoms with van der Waals surface area (Å²) >= 11 is 0. The van der Waals surface area contributed by atoms with E-state index in [1.54, 1.807) is 13.3 Å². The number of anilines is 6. The predicted octanol–water partition coefficient (Wildman–Crippen LogP) is 4.20. The largest absolute Gasteiger partial charge is 0.494 e. The molecule has 0 unspecified atom stereocenters. The zero-order chi connectivity index (χ0) is 29.2. The van der Waals surface area contributed by atoms with E-state index in [1.807, 2.05) is 64.2 Å². The number of rotatable bonds is 10. The van der Waals surface area contributed by atoms with E-state index in [-0.39, 0.29) is 23.0 Å². The molecule has 40 heavy (non-hydrogen) atoms. The molecule has 0 saturated heterocycles. The van der Waals surface area contributed by atoms with Gasteiger partial charge in [0, 0.05) is 50.6 Å². The van der Waals surface area contributed by atoms with Crippen LogP contribution in [0.15, 0.2) is 36.7 Å². The maximum Gasteiger partial charge on any atom is 0.343 e. The van der Waals surface area contributed by atoms with Crippen molar-refractivity contribution in [3.05, 3.63) is 47.9 Å². The lowest BCUT2D eigenvalue weighted by molar-refractivity contribution is 0.0378. The van der Waals surface area contributed by atoms with Crippen molar-refractivity contribution in [2.45, 2.75) is 39.2 Å². The Hall–Kier alpha value is -4.12. The number of carbonyl (C=O) groups excluding carboxylic acids is 1. The molecule has 0 atom stereocenters. The molecule has 0 saturated carbocycles. The third-order valence-electron chi connectivity index (χ3n) is 6.75. The number of esters is 1. The second-order valence-electron chi connectivity index (χ2n) is 11.2. The number of nitrogens with one attached hydrogen (secondary N) is 1. The van der Waals surface area contributed by atoms with E-state index in [4.69, 9.17) is 20.2 Å². The van der Waals surface area contributed by atoms with Crippen molar-refractivity contribution in [1.82, 2.24) is 19.9 Å². The fraction of sp³-hybridized carbons (Fsp3) is 0.448. The highest BCUT2D eigenvalue weighted by atomic mass is 16.5. The summed E-state index contributed by atoms with van der Waals surface area (Å²) in [5.41, 5.74) is 10.4. The molecule has 1 aliphatic heterocycles. The second kappa shape index (κ2) is 11.5. The Labute approximate surface area is 236 Å². The molecule has 1 aromatic carbocycles. The number of pyridine rings is 1. The van der Waals surface area contributed by atoms with E-state index in [2.05, 4.69) is 38.9 Å². The Balaban J connectivity index is 1.73. The van der Waals surface area contributed by atoms with Gasteiger partial charge in [0.25, 0.3) is 0 Å². The lowest BCUT2D eigenvalue weighted by Gasteiger charge is -2.25. The van der Waals surface area contributed by atoms with Crippen LogP contribution in [0.4, 0.5) is 34.5 Å². The maximum absolute atomic E-state index is 13.1. The van der Waals surface area contributed by atoms with E-state index in [1.165, 1.54) is 6.20 Å². The Morgan fingerprint density at radius 2 is 1.95 bits per heavy atom. The van der Waals surface area contributed by atoms with Gasteiger partial charge in [0.15, 0.2) is 5.82 Å². The SMILES string of the molecule is COc1cc(N(C)CCN(C)C)c(N)cc1Nc1ncc(C(=O)OC(C)C)c(N2CC(C)(C)c3ncccc32)n1. The number of hydrogen-bond acceptors (Lipinski definition) is 11. The van der Waals surface area contributed by atoms with Crippen molar-refractivity contribution in [2.24, 2.45) is 0 Å². The van der Waals surface area contributed by atoms with Gasteiger partial charge in [0.2, 0.25) is 5.95 Å². The first-order valence-electron chi connectivity index (χ1n) is 13.3. The number of nitrogen functional groups attached to an aromatic ring is 1. The minimum absolute atomic E-state index is 0.250. The molecule has 3 N–H and O–H groups in total. The molecular weight excluding hydrogens is 508 g/mol. The van der Waals surface area contributed by atoms with Crippen LogP contribution in [0.25, 0.3) is 0 Å². The molecule has 0 aliphatic carbocycles. The van der Waals surface area contributed by atoms with Gasteiger partial charge in [0.05, 0.1) is 41.7 Å². The minimum atomic E-state index is -0.487. The fourth-order valence-corrected chi connectivity index (χ4v) is 4.71. The van der Waals surface area contributed by atoms with Gasteiger partial charge in [-0.05, 0) is 46.1 Å². The molecule has 3 heterocycles. The number of carbonyl (C=O) groups is 1. The summed E-state index contributed by atoms with van der Waals surface area (Å²) in [7, 11) is 7.67. The van der Waals surface area contributed by atoms with E-state index in [0.29, 0.717) is 29.5 Å². The number of nitrogens with two attached hydrogens (primary N) is 1. The number of fused-ring (bicyclic) bond motifs is 1. The molecule has 0 amide bonds. The van der Waals surface area contributed by atoms with Gasteiger partial charge < -0.3 is 35.2 Å². The Morgan fingerprint density at radius 1 is 1.20 bits per heavy atom. The van der Waals surface area contributed by atoms with Gasteiger partial charge in [0.1, 0.15) is 11.3 Å². The van der Waals surface area contributed by atoms with E-state index >= 15 is 0 Å². The lowest BCUT2D eigenvalue weighted by Crippen LogP contribution is -2.29. The van der Waals surface area contributed by atoms with E-state index in [0.717, 1.165) is 30.2 Å². The van der Waals surface area contributed by atoms with Crippen LogP contribution < -0.4 is 25.6 Å². The summed E-state index contributed by atoms with van der Waals surface area (Å²) in [4.78, 5) is 33.2. The van der Waals surface area contributed by atoms with Gasteiger partial charge >= 0.3 is 5.97 Å². The first-order valence-corrected chi connectivity index (χ1v) is 13.3. The molecule has 0 bridgehead atoms. The molecule has 214 valence electrons. The molecule has 1 aliphatic rings. The zero-order valence-electron chi connectivity index (χ0n) is 24.6. The maximum atomic E-state index is 13.1. The second-order valence-corrected chi connectivity index (χ2v) is 11.2. The monoisotopic (exact) mass is 548 g/mol. The van der Waals surface area contributed by atoms with Gasteiger partial charge in [-0.3, -0.25) is 4.98 Å². The fourth-order valence-electron chi connectivity index (χ4n) is 4.71. The standard InChI is InChI=1S/C29H40N8O3/c1-18(2)40-27(38)19-16-32-28(34-26(19)37-17-29(3,4)25-22(37)10-9-11-31-25)33-21-14-20(30)23(15-24(21)39-8)36(7)13-12-35(5)6/h9-11,14-16,18H,12-13,17,30H2,1-8H3,(H,32,33,34). The molecule has 11 heteroatoms. The van der Waals surface area contributed by atoms with E-state index in [9.17, 15) is 4.79 Å². The molecule has 2 aromatic heterocycles. The van der Waals surface area contributed by atoms with Crippen molar-refractivity contribution in [2.75, 3.05) is 68.7 Å². The number of benzene rings is 1. The van der Waals surface area contributed by atoms with Crippen molar-refractivity contribution < 1.29 is 14.3 Å². The lowest BCUT2D eigenvalue weighted by atomic mass is 9.91. The van der Waals surface area contributed by atoms with Crippen LogP contribution in [0, 0.1) is 0 Å². The highest BCUT2D eigenvalue weighted by molar-refractivity contribution is 5.96. The smallest absolute Gasteiger partial charge is 0.343 e. The van der Waals surface area contributed by atoms with E-state index < -0.39 is 5.97 Å². The van der Waals surface area contributed by atoms with Crippen molar-refractivity contribution >= 4 is 40.5 Å². The number of aromatic nitrogens is 3. The van der Waals surface area contributed by atoms with Crippen molar-refractivity contribution in [3.63, 3.8) is 0 Å². The van der Waals surface area contributed by atoms with Crippen LogP contribution >= 0.6 is 0 Å². The Bertz CT molecular complexity index is 1380. The Morgan fingerprint density at radius 3 is 2.62 bits per heavy atom. The minimum Gasteiger partial charge on any atom is -0.494 e. The first kappa shape index (κ1) is 28.9. The normalized spacial score (nSPS) is 13.9. The predicted molar refractivity (Wildman–Crippen MR) is 159 cm³/mol. The number of methoxy groups -OCH3 is 1. The summed E-state index contributed by atoms with van der Waals surface area (Å²) in [5.74, 6) is 0.831. The topological polar surface area (TPSA) is 122 Å². The third-order valence-corrected chi connectivity index (χ3v) is 6.75. The van der Waals surface area contributed by atoms with Crippen LogP contribution in [-0.2, 0) is 10.2 Å². The summed E-state index contributed by atoms with van der Waals surface area (Å²) in [6.07, 6.45) is 2.99. The third kappa shape index (κ3) is 6.04. The van der Waals surface area contributed by atoms with Crippen LogP contribution in [0.2, 0.25) is 0 Å². The zero-order valence-corrected chi connectivity index (χ0v) is 24.6. The quantitative estimate of drug-likeness (QED) is 0.280. The van der Waals surface area contributed by atoms with Gasteiger partial charge in [-0.1, -0.05) is 13.8 Å². The average Bonchev–Trinajstić information content (AvgIpc) is 3.17. The summed E-state index contributed by atoms with van der Waals surface area (Å²) in [6, 6.07) is 7.57. The summed E-state index contributed by atoms with van der Waals surface area (Å²) in [5, 5.41) is 3.25. The molecule has 4 rings (SSSR count). The van der Waals surface area contributed by atoms with Crippen LogP contribution in [0.1, 0.15) is 43.7 Å². The first-order chi connectivity index (χ1) is 18.9. The Kier molecular flexibility index (Phi) is 8.34. The molecule has 0 spiro atoms.